The molecule has 21 heavy (non-hydrogen) atoms. The van der Waals surface area contributed by atoms with Gasteiger partial charge in [0.1, 0.15) is 5.75 Å². The van der Waals surface area contributed by atoms with E-state index < -0.39 is 29.5 Å². The van der Waals surface area contributed by atoms with Crippen molar-refractivity contribution in [3.05, 3.63) is 23.8 Å². The largest absolute Gasteiger partial charge is 0.495 e. The van der Waals surface area contributed by atoms with E-state index in [1.54, 1.807) is 0 Å². The Morgan fingerprint density at radius 2 is 2.10 bits per heavy atom. The number of carbonyl (C=O) groups is 2. The molecule has 0 aromatic heterocycles. The molecule has 1 fully saturated rings. The Balaban J connectivity index is 2.42. The highest BCUT2D eigenvalue weighted by Crippen LogP contribution is 2.38. The fraction of sp³-hybridized carbons (Fsp3) is 0.385. The van der Waals surface area contributed by atoms with Crippen LogP contribution in [0.25, 0.3) is 0 Å². The fourth-order valence-corrected chi connectivity index (χ4v) is 2.18. The van der Waals surface area contributed by atoms with Gasteiger partial charge in [-0.25, -0.2) is 0 Å². The van der Waals surface area contributed by atoms with Gasteiger partial charge in [-0.3, -0.25) is 9.59 Å². The number of ether oxygens (including phenoxy) is 1. The van der Waals surface area contributed by atoms with E-state index in [0.717, 1.165) is 23.1 Å². The average Bonchev–Trinajstić information content (AvgIpc) is 2.79. The van der Waals surface area contributed by atoms with E-state index in [1.807, 2.05) is 0 Å². The molecule has 0 bridgehead atoms. The summed E-state index contributed by atoms with van der Waals surface area (Å²) in [6, 6.07) is 2.75. The molecule has 1 amide bonds. The summed E-state index contributed by atoms with van der Waals surface area (Å²) in [7, 11) is 1.27. The first-order chi connectivity index (χ1) is 9.74. The van der Waals surface area contributed by atoms with Gasteiger partial charge in [0.2, 0.25) is 5.91 Å². The van der Waals surface area contributed by atoms with Crippen LogP contribution in [-0.4, -0.2) is 30.6 Å². The summed E-state index contributed by atoms with van der Waals surface area (Å²) in [6.45, 7) is -0.175. The summed E-state index contributed by atoms with van der Waals surface area (Å²) < 4.78 is 43.2. The van der Waals surface area contributed by atoms with Gasteiger partial charge in [0.05, 0.1) is 24.3 Å². The molecule has 0 radical (unpaired) electrons. The molecule has 114 valence electrons. The Morgan fingerprint density at radius 1 is 1.43 bits per heavy atom. The topological polar surface area (TPSA) is 66.8 Å². The minimum absolute atomic E-state index is 0.0684. The number of amides is 1. The van der Waals surface area contributed by atoms with Crippen LogP contribution < -0.4 is 9.64 Å². The van der Waals surface area contributed by atoms with Crippen molar-refractivity contribution in [1.29, 1.82) is 0 Å². The van der Waals surface area contributed by atoms with Gasteiger partial charge in [-0.1, -0.05) is 0 Å². The van der Waals surface area contributed by atoms with Crippen LogP contribution in [0.1, 0.15) is 12.0 Å². The molecule has 1 atom stereocenters. The van der Waals surface area contributed by atoms with Gasteiger partial charge in [0, 0.05) is 13.0 Å². The van der Waals surface area contributed by atoms with Crippen molar-refractivity contribution in [2.24, 2.45) is 5.92 Å². The number of rotatable bonds is 3. The van der Waals surface area contributed by atoms with Gasteiger partial charge in [-0.2, -0.15) is 13.2 Å². The van der Waals surface area contributed by atoms with E-state index in [4.69, 9.17) is 9.84 Å². The molecule has 1 aliphatic heterocycles. The molecular formula is C13H12F3NO4. The summed E-state index contributed by atoms with van der Waals surface area (Å²) in [5, 5.41) is 8.92. The maximum absolute atomic E-state index is 12.8. The summed E-state index contributed by atoms with van der Waals surface area (Å²) in [5.41, 5.74) is -0.994. The molecule has 1 heterocycles. The molecule has 8 heteroatoms. The highest BCUT2D eigenvalue weighted by molar-refractivity contribution is 6.00. The smallest absolute Gasteiger partial charge is 0.416 e. The lowest BCUT2D eigenvalue weighted by atomic mass is 10.1. The van der Waals surface area contributed by atoms with Crippen LogP contribution in [0.15, 0.2) is 18.2 Å². The zero-order chi connectivity index (χ0) is 15.8. The van der Waals surface area contributed by atoms with Crippen molar-refractivity contribution in [3.63, 3.8) is 0 Å². The second-order valence-corrected chi connectivity index (χ2v) is 4.63. The standard InChI is InChI=1S/C13H12F3NO4/c1-21-10-3-2-8(13(14,15)16)5-9(10)17-6-7(12(19)20)4-11(17)18/h2-3,5,7H,4,6H2,1H3,(H,19,20). The first-order valence-electron chi connectivity index (χ1n) is 6.02. The number of carbonyl (C=O) groups excluding carboxylic acids is 1. The number of carboxylic acids is 1. The molecule has 1 aromatic carbocycles. The van der Waals surface area contributed by atoms with Gasteiger partial charge >= 0.3 is 12.1 Å². The van der Waals surface area contributed by atoms with Crippen molar-refractivity contribution in [3.8, 4) is 5.75 Å². The number of hydrogen-bond donors (Lipinski definition) is 1. The predicted octanol–water partition coefficient (Wildman–Crippen LogP) is 2.15. The van der Waals surface area contributed by atoms with E-state index in [0.29, 0.717) is 0 Å². The average molecular weight is 303 g/mol. The lowest BCUT2D eigenvalue weighted by molar-refractivity contribution is -0.141. The van der Waals surface area contributed by atoms with Crippen molar-refractivity contribution in [1.82, 2.24) is 0 Å². The number of halogens is 3. The maximum atomic E-state index is 12.8. The Morgan fingerprint density at radius 3 is 2.57 bits per heavy atom. The number of alkyl halides is 3. The minimum Gasteiger partial charge on any atom is -0.495 e. The quantitative estimate of drug-likeness (QED) is 0.929. The summed E-state index contributed by atoms with van der Waals surface area (Å²) in [4.78, 5) is 23.8. The molecular weight excluding hydrogens is 291 g/mol. The number of anilines is 1. The highest BCUT2D eigenvalue weighted by atomic mass is 19.4. The third kappa shape index (κ3) is 2.93. The fourth-order valence-electron chi connectivity index (χ4n) is 2.18. The van der Waals surface area contributed by atoms with Crippen LogP contribution in [0, 0.1) is 5.92 Å². The van der Waals surface area contributed by atoms with Crippen LogP contribution >= 0.6 is 0 Å². The molecule has 1 saturated heterocycles. The first-order valence-corrected chi connectivity index (χ1v) is 6.02. The molecule has 0 spiro atoms. The second-order valence-electron chi connectivity index (χ2n) is 4.63. The van der Waals surface area contributed by atoms with Gasteiger partial charge in [-0.05, 0) is 18.2 Å². The van der Waals surface area contributed by atoms with Crippen LogP contribution in [0.2, 0.25) is 0 Å². The zero-order valence-electron chi connectivity index (χ0n) is 11.0. The summed E-state index contributed by atoms with van der Waals surface area (Å²) >= 11 is 0. The van der Waals surface area contributed by atoms with Gasteiger partial charge < -0.3 is 14.7 Å². The van der Waals surface area contributed by atoms with Gasteiger partial charge in [0.15, 0.2) is 0 Å². The SMILES string of the molecule is COc1ccc(C(F)(F)F)cc1N1CC(C(=O)O)CC1=O. The van der Waals surface area contributed by atoms with Crippen molar-refractivity contribution < 1.29 is 32.6 Å². The molecule has 1 N–H and O–H groups in total. The zero-order valence-corrected chi connectivity index (χ0v) is 11.0. The van der Waals surface area contributed by atoms with Crippen LogP contribution in [-0.2, 0) is 15.8 Å². The number of methoxy groups -OCH3 is 1. The predicted molar refractivity (Wildman–Crippen MR) is 66.1 cm³/mol. The molecule has 0 saturated carbocycles. The molecule has 0 aliphatic carbocycles. The Hall–Kier alpha value is -2.25. The molecule has 2 rings (SSSR count). The van der Waals surface area contributed by atoms with E-state index in [2.05, 4.69) is 0 Å². The van der Waals surface area contributed by atoms with Crippen LogP contribution in [0.3, 0.4) is 0 Å². The Bertz CT molecular complexity index is 585. The lowest BCUT2D eigenvalue weighted by Gasteiger charge is -2.20. The van der Waals surface area contributed by atoms with E-state index in [-0.39, 0.29) is 24.4 Å². The molecule has 1 unspecified atom stereocenters. The van der Waals surface area contributed by atoms with Crippen molar-refractivity contribution >= 4 is 17.6 Å². The van der Waals surface area contributed by atoms with Gasteiger partial charge in [0.25, 0.3) is 0 Å². The van der Waals surface area contributed by atoms with Crippen LogP contribution in [0.5, 0.6) is 5.75 Å². The Labute approximate surface area is 117 Å². The van der Waals surface area contributed by atoms with E-state index in [9.17, 15) is 22.8 Å². The van der Waals surface area contributed by atoms with Crippen molar-refractivity contribution in [2.75, 3.05) is 18.6 Å². The van der Waals surface area contributed by atoms with E-state index >= 15 is 0 Å². The normalized spacial score (nSPS) is 19.0. The summed E-state index contributed by atoms with van der Waals surface area (Å²) in [6.07, 6.45) is -4.80. The lowest BCUT2D eigenvalue weighted by Crippen LogP contribution is -2.26. The number of benzene rings is 1. The highest BCUT2D eigenvalue weighted by Gasteiger charge is 2.38. The summed E-state index contributed by atoms with van der Waals surface area (Å²) in [5.74, 6) is -2.55. The minimum atomic E-state index is -4.56. The number of aliphatic carboxylic acids is 1. The number of carboxylic acid groups (broad SMARTS) is 1. The van der Waals surface area contributed by atoms with Gasteiger partial charge in [-0.15, -0.1) is 0 Å². The molecule has 5 nitrogen and oxygen atoms in total. The number of hydrogen-bond acceptors (Lipinski definition) is 3. The first kappa shape index (κ1) is 15.1. The van der Waals surface area contributed by atoms with Crippen molar-refractivity contribution in [2.45, 2.75) is 12.6 Å². The monoisotopic (exact) mass is 303 g/mol. The Kier molecular flexibility index (Phi) is 3.80. The molecule has 1 aliphatic rings. The number of nitrogens with zero attached hydrogens (tertiary/aromatic N) is 1. The second kappa shape index (κ2) is 5.27. The third-order valence-corrected chi connectivity index (χ3v) is 3.27. The maximum Gasteiger partial charge on any atom is 0.416 e. The van der Waals surface area contributed by atoms with E-state index in [1.165, 1.54) is 7.11 Å². The third-order valence-electron chi connectivity index (χ3n) is 3.27. The van der Waals surface area contributed by atoms with Crippen LogP contribution in [0.4, 0.5) is 18.9 Å². The molecule has 1 aromatic rings.